The van der Waals surface area contributed by atoms with Gasteiger partial charge in [-0.2, -0.15) is 0 Å². The third-order valence-corrected chi connectivity index (χ3v) is 2.43. The first kappa shape index (κ1) is 19.2. The number of hydrogen-bond donors (Lipinski definition) is 4. The third kappa shape index (κ3) is 18.4. The molecule has 0 amide bonds. The SMILES string of the molecule is CCCC(O)CO.CCCCCCC(O)CO. The van der Waals surface area contributed by atoms with Crippen LogP contribution in [0, 0.1) is 0 Å². The fourth-order valence-corrected chi connectivity index (χ4v) is 1.32. The lowest BCUT2D eigenvalue weighted by Gasteiger charge is -2.04. The lowest BCUT2D eigenvalue weighted by molar-refractivity contribution is 0.0860. The molecular formula is C13H30O4. The molecule has 17 heavy (non-hydrogen) atoms. The minimum atomic E-state index is -0.495. The summed E-state index contributed by atoms with van der Waals surface area (Å²) in [7, 11) is 0. The maximum Gasteiger partial charge on any atom is 0.0770 e. The van der Waals surface area contributed by atoms with Gasteiger partial charge in [0.15, 0.2) is 0 Å². The predicted molar refractivity (Wildman–Crippen MR) is 69.9 cm³/mol. The first-order chi connectivity index (χ1) is 8.12. The van der Waals surface area contributed by atoms with Crippen LogP contribution >= 0.6 is 0 Å². The van der Waals surface area contributed by atoms with Crippen LogP contribution in [-0.4, -0.2) is 45.8 Å². The predicted octanol–water partition coefficient (Wildman–Crippen LogP) is 1.45. The van der Waals surface area contributed by atoms with E-state index in [2.05, 4.69) is 6.92 Å². The van der Waals surface area contributed by atoms with E-state index in [9.17, 15) is 0 Å². The molecule has 0 aliphatic heterocycles. The van der Waals surface area contributed by atoms with Crippen molar-refractivity contribution in [1.82, 2.24) is 0 Å². The Morgan fingerprint density at radius 2 is 1.24 bits per heavy atom. The van der Waals surface area contributed by atoms with Crippen LogP contribution in [0.5, 0.6) is 0 Å². The second-order valence-corrected chi connectivity index (χ2v) is 4.31. The lowest BCUT2D eigenvalue weighted by Crippen LogP contribution is -2.10. The molecule has 4 N–H and O–H groups in total. The Morgan fingerprint density at radius 3 is 1.59 bits per heavy atom. The molecule has 4 heteroatoms. The van der Waals surface area contributed by atoms with Gasteiger partial charge < -0.3 is 20.4 Å². The summed E-state index contributed by atoms with van der Waals surface area (Å²) in [6.07, 6.45) is 6.06. The number of aliphatic hydroxyl groups excluding tert-OH is 4. The van der Waals surface area contributed by atoms with E-state index in [0.717, 1.165) is 19.3 Å². The van der Waals surface area contributed by atoms with Crippen LogP contribution in [-0.2, 0) is 0 Å². The highest BCUT2D eigenvalue weighted by Gasteiger charge is 1.99. The molecule has 0 fully saturated rings. The first-order valence-corrected chi connectivity index (χ1v) is 6.70. The van der Waals surface area contributed by atoms with Gasteiger partial charge in [0.2, 0.25) is 0 Å². The van der Waals surface area contributed by atoms with Gasteiger partial charge in [0.05, 0.1) is 25.4 Å². The van der Waals surface area contributed by atoms with Gasteiger partial charge in [-0.1, -0.05) is 46.0 Å². The highest BCUT2D eigenvalue weighted by atomic mass is 16.3. The summed E-state index contributed by atoms with van der Waals surface area (Å²) in [5.74, 6) is 0. The molecule has 106 valence electrons. The van der Waals surface area contributed by atoms with Gasteiger partial charge in [0, 0.05) is 0 Å². The quantitative estimate of drug-likeness (QED) is 0.467. The van der Waals surface area contributed by atoms with E-state index in [1.165, 1.54) is 19.3 Å². The van der Waals surface area contributed by atoms with Crippen molar-refractivity contribution in [3.63, 3.8) is 0 Å². The summed E-state index contributed by atoms with van der Waals surface area (Å²) in [5, 5.41) is 34.2. The molecule has 0 saturated heterocycles. The Morgan fingerprint density at radius 1 is 0.706 bits per heavy atom. The largest absolute Gasteiger partial charge is 0.394 e. The molecule has 0 heterocycles. The minimum Gasteiger partial charge on any atom is -0.394 e. The van der Waals surface area contributed by atoms with Crippen LogP contribution < -0.4 is 0 Å². The van der Waals surface area contributed by atoms with Crippen LogP contribution in [0.2, 0.25) is 0 Å². The van der Waals surface area contributed by atoms with Gasteiger partial charge in [0.1, 0.15) is 0 Å². The van der Waals surface area contributed by atoms with Crippen molar-refractivity contribution in [2.45, 2.75) is 71.0 Å². The molecule has 2 atom stereocenters. The van der Waals surface area contributed by atoms with Crippen molar-refractivity contribution in [3.8, 4) is 0 Å². The van der Waals surface area contributed by atoms with Crippen LogP contribution in [0.1, 0.15) is 58.8 Å². The van der Waals surface area contributed by atoms with Crippen molar-refractivity contribution in [2.75, 3.05) is 13.2 Å². The summed E-state index contributed by atoms with van der Waals surface area (Å²) in [5.41, 5.74) is 0. The van der Waals surface area contributed by atoms with Gasteiger partial charge >= 0.3 is 0 Å². The molecule has 0 aromatic carbocycles. The van der Waals surface area contributed by atoms with Gasteiger partial charge in [-0.3, -0.25) is 0 Å². The Bertz CT molecular complexity index is 131. The third-order valence-electron chi connectivity index (χ3n) is 2.43. The molecule has 0 aliphatic carbocycles. The van der Waals surface area contributed by atoms with Gasteiger partial charge in [-0.05, 0) is 12.8 Å². The number of hydrogen-bond acceptors (Lipinski definition) is 4. The average molecular weight is 250 g/mol. The molecule has 0 spiro atoms. The average Bonchev–Trinajstić information content (AvgIpc) is 2.35. The summed E-state index contributed by atoms with van der Waals surface area (Å²) in [6, 6.07) is 0. The van der Waals surface area contributed by atoms with Crippen LogP contribution in [0.15, 0.2) is 0 Å². The molecule has 2 unspecified atom stereocenters. The van der Waals surface area contributed by atoms with E-state index in [4.69, 9.17) is 20.4 Å². The number of unbranched alkanes of at least 4 members (excludes halogenated alkanes) is 3. The van der Waals surface area contributed by atoms with Crippen LogP contribution in [0.25, 0.3) is 0 Å². The van der Waals surface area contributed by atoms with Crippen molar-refractivity contribution in [3.05, 3.63) is 0 Å². The van der Waals surface area contributed by atoms with Crippen molar-refractivity contribution >= 4 is 0 Å². The molecule has 4 nitrogen and oxygen atoms in total. The zero-order chi connectivity index (χ0) is 13.5. The highest BCUT2D eigenvalue weighted by molar-refractivity contribution is 4.52. The number of rotatable bonds is 9. The van der Waals surface area contributed by atoms with E-state index in [1.54, 1.807) is 0 Å². The molecule has 0 rings (SSSR count). The van der Waals surface area contributed by atoms with Crippen molar-refractivity contribution in [1.29, 1.82) is 0 Å². The monoisotopic (exact) mass is 250 g/mol. The molecule has 0 radical (unpaired) electrons. The minimum absolute atomic E-state index is 0.0911. The van der Waals surface area contributed by atoms with E-state index in [0.29, 0.717) is 6.42 Å². The summed E-state index contributed by atoms with van der Waals surface area (Å²) in [4.78, 5) is 0. The van der Waals surface area contributed by atoms with E-state index in [1.807, 2.05) is 6.92 Å². The summed E-state index contributed by atoms with van der Waals surface area (Å²) < 4.78 is 0. The molecular weight excluding hydrogens is 220 g/mol. The lowest BCUT2D eigenvalue weighted by atomic mass is 10.1. The molecule has 0 aromatic rings. The Kier molecular flexibility index (Phi) is 17.9. The number of aliphatic hydroxyl groups is 4. The Balaban J connectivity index is 0. The zero-order valence-corrected chi connectivity index (χ0v) is 11.3. The van der Waals surface area contributed by atoms with Crippen molar-refractivity contribution < 1.29 is 20.4 Å². The fourth-order valence-electron chi connectivity index (χ4n) is 1.32. The van der Waals surface area contributed by atoms with Gasteiger partial charge in [0.25, 0.3) is 0 Å². The topological polar surface area (TPSA) is 80.9 Å². The van der Waals surface area contributed by atoms with E-state index in [-0.39, 0.29) is 13.2 Å². The smallest absolute Gasteiger partial charge is 0.0770 e. The fraction of sp³-hybridized carbons (Fsp3) is 1.00. The second-order valence-electron chi connectivity index (χ2n) is 4.31. The van der Waals surface area contributed by atoms with E-state index < -0.39 is 12.2 Å². The Labute approximate surface area is 105 Å². The molecule has 0 saturated carbocycles. The molecule has 0 bridgehead atoms. The summed E-state index contributed by atoms with van der Waals surface area (Å²) >= 11 is 0. The van der Waals surface area contributed by atoms with Crippen LogP contribution in [0.4, 0.5) is 0 Å². The maximum atomic E-state index is 8.91. The normalized spacial score (nSPS) is 13.8. The standard InChI is InChI=1S/C8H18O2.C5H12O2/c1-2-3-4-5-6-8(10)7-9;1-2-3-5(7)4-6/h8-10H,2-7H2,1H3;5-7H,2-4H2,1H3. The Hall–Kier alpha value is -0.160. The van der Waals surface area contributed by atoms with E-state index >= 15 is 0 Å². The molecule has 0 aromatic heterocycles. The first-order valence-electron chi connectivity index (χ1n) is 6.70. The molecule has 0 aliphatic rings. The zero-order valence-electron chi connectivity index (χ0n) is 11.3. The van der Waals surface area contributed by atoms with Crippen molar-refractivity contribution in [2.24, 2.45) is 0 Å². The summed E-state index contributed by atoms with van der Waals surface area (Å²) in [6.45, 7) is 3.93. The van der Waals surface area contributed by atoms with Gasteiger partial charge in [-0.25, -0.2) is 0 Å². The van der Waals surface area contributed by atoms with Gasteiger partial charge in [-0.15, -0.1) is 0 Å². The highest BCUT2D eigenvalue weighted by Crippen LogP contribution is 2.04. The maximum absolute atomic E-state index is 8.91. The van der Waals surface area contributed by atoms with Crippen LogP contribution in [0.3, 0.4) is 0 Å². The second kappa shape index (κ2) is 15.8.